The van der Waals surface area contributed by atoms with Crippen LogP contribution in [0.3, 0.4) is 0 Å². The van der Waals surface area contributed by atoms with Gasteiger partial charge in [-0.3, -0.25) is 9.89 Å². The number of aliphatic imine (C=N–C) groups is 3. The van der Waals surface area contributed by atoms with Crippen LogP contribution in [0.15, 0.2) is 39.2 Å². The van der Waals surface area contributed by atoms with E-state index in [4.69, 9.17) is 11.6 Å². The first-order chi connectivity index (χ1) is 13.8. The molecule has 1 aromatic carbocycles. The van der Waals surface area contributed by atoms with E-state index in [9.17, 15) is 17.6 Å². The van der Waals surface area contributed by atoms with Crippen LogP contribution in [0.4, 0.5) is 17.6 Å². The maximum Gasteiger partial charge on any atom is 0.323 e. The minimum atomic E-state index is -4.16. The normalized spacial score (nSPS) is 29.9. The highest BCUT2D eigenvalue weighted by Gasteiger charge is 2.67. The molecule has 1 fully saturated rings. The predicted molar refractivity (Wildman–Crippen MR) is 109 cm³/mol. The van der Waals surface area contributed by atoms with E-state index >= 15 is 0 Å². The molecule has 162 valence electrons. The van der Waals surface area contributed by atoms with Gasteiger partial charge in [0.05, 0.1) is 32.2 Å². The van der Waals surface area contributed by atoms with E-state index in [1.54, 1.807) is 23.1 Å². The SMILES string of the molecule is CC(C)(C)C1N=CC2(N3CC(F)(F)C(F)(F)C3)N=CN(Cc3cccc(Cl)c3)C2=N1. The van der Waals surface area contributed by atoms with E-state index in [1.165, 1.54) is 12.6 Å². The third-order valence-electron chi connectivity index (χ3n) is 5.45. The first-order valence-corrected chi connectivity index (χ1v) is 9.92. The molecule has 0 aliphatic carbocycles. The summed E-state index contributed by atoms with van der Waals surface area (Å²) in [7, 11) is 0. The Hall–Kier alpha value is -2.00. The quantitative estimate of drug-likeness (QED) is 0.653. The lowest BCUT2D eigenvalue weighted by atomic mass is 9.91. The van der Waals surface area contributed by atoms with Gasteiger partial charge in [0.1, 0.15) is 6.17 Å². The number of nitrogens with zero attached hydrogens (tertiary/aromatic N) is 5. The molecule has 0 N–H and O–H groups in total. The van der Waals surface area contributed by atoms with Gasteiger partial charge in [-0.05, 0) is 17.7 Å². The third kappa shape index (κ3) is 3.41. The van der Waals surface area contributed by atoms with Gasteiger partial charge in [-0.25, -0.2) is 9.98 Å². The summed E-state index contributed by atoms with van der Waals surface area (Å²) in [5.41, 5.74) is -1.08. The van der Waals surface area contributed by atoms with Crippen LogP contribution in [-0.2, 0) is 6.54 Å². The molecule has 3 heterocycles. The number of hydrogen-bond acceptors (Lipinski definition) is 5. The van der Waals surface area contributed by atoms with Crippen LogP contribution in [0, 0.1) is 5.41 Å². The second-order valence-electron chi connectivity index (χ2n) is 8.96. The first-order valence-electron chi connectivity index (χ1n) is 9.54. The lowest BCUT2D eigenvalue weighted by Gasteiger charge is -2.39. The maximum atomic E-state index is 14.0. The third-order valence-corrected chi connectivity index (χ3v) is 5.68. The molecule has 1 saturated heterocycles. The number of halogens is 5. The number of likely N-dealkylation sites (tertiary alicyclic amines) is 1. The highest BCUT2D eigenvalue weighted by Crippen LogP contribution is 2.45. The van der Waals surface area contributed by atoms with Crippen molar-refractivity contribution in [2.75, 3.05) is 13.1 Å². The molecule has 0 amide bonds. The second-order valence-corrected chi connectivity index (χ2v) is 9.40. The van der Waals surface area contributed by atoms with Crippen molar-refractivity contribution in [3.8, 4) is 0 Å². The Kier molecular flexibility index (Phi) is 4.78. The highest BCUT2D eigenvalue weighted by molar-refractivity contribution is 6.30. The molecular formula is C20H22ClF4N5. The fourth-order valence-electron chi connectivity index (χ4n) is 3.74. The Morgan fingerprint density at radius 3 is 2.40 bits per heavy atom. The van der Waals surface area contributed by atoms with Gasteiger partial charge in [-0.15, -0.1) is 0 Å². The van der Waals surface area contributed by atoms with Gasteiger partial charge in [-0.2, -0.15) is 17.6 Å². The van der Waals surface area contributed by atoms with Crippen LogP contribution in [-0.4, -0.2) is 65.0 Å². The van der Waals surface area contributed by atoms with Crippen LogP contribution in [0.5, 0.6) is 0 Å². The average molecular weight is 444 g/mol. The fourth-order valence-corrected chi connectivity index (χ4v) is 3.96. The Labute approximate surface area is 177 Å². The molecule has 0 spiro atoms. The zero-order chi connectivity index (χ0) is 21.9. The van der Waals surface area contributed by atoms with Gasteiger partial charge >= 0.3 is 11.8 Å². The zero-order valence-corrected chi connectivity index (χ0v) is 17.5. The Bertz CT molecular complexity index is 923. The summed E-state index contributed by atoms with van der Waals surface area (Å²) in [5, 5.41) is 0.549. The van der Waals surface area contributed by atoms with Gasteiger partial charge in [0.15, 0.2) is 5.84 Å². The van der Waals surface area contributed by atoms with Crippen LogP contribution in [0.1, 0.15) is 26.3 Å². The van der Waals surface area contributed by atoms with Crippen LogP contribution in [0.25, 0.3) is 0 Å². The Morgan fingerprint density at radius 2 is 1.80 bits per heavy atom. The lowest BCUT2D eigenvalue weighted by molar-refractivity contribution is -0.172. The number of rotatable bonds is 3. The molecule has 5 nitrogen and oxygen atoms in total. The Balaban J connectivity index is 1.72. The van der Waals surface area contributed by atoms with E-state index in [-0.39, 0.29) is 5.41 Å². The second kappa shape index (κ2) is 6.75. The molecule has 3 aliphatic heterocycles. The largest absolute Gasteiger partial charge is 0.323 e. The summed E-state index contributed by atoms with van der Waals surface area (Å²) >= 11 is 6.07. The molecule has 4 rings (SSSR count). The molecule has 0 saturated carbocycles. The van der Waals surface area contributed by atoms with Crippen molar-refractivity contribution < 1.29 is 17.6 Å². The summed E-state index contributed by atoms with van der Waals surface area (Å²) in [6.07, 6.45) is 2.34. The zero-order valence-electron chi connectivity index (χ0n) is 16.8. The summed E-state index contributed by atoms with van der Waals surface area (Å²) in [6.45, 7) is 3.89. The first kappa shape index (κ1) is 21.2. The summed E-state index contributed by atoms with van der Waals surface area (Å²) in [5.74, 6) is -8.00. The number of benzene rings is 1. The van der Waals surface area contributed by atoms with Crippen molar-refractivity contribution in [1.82, 2.24) is 9.80 Å². The minimum absolute atomic E-state index is 0.311. The number of hydrogen-bond donors (Lipinski definition) is 0. The van der Waals surface area contributed by atoms with Crippen molar-refractivity contribution in [3.63, 3.8) is 0 Å². The van der Waals surface area contributed by atoms with Gasteiger partial charge in [0, 0.05) is 10.4 Å². The van der Waals surface area contributed by atoms with Crippen molar-refractivity contribution in [2.45, 2.75) is 51.0 Å². The van der Waals surface area contributed by atoms with E-state index in [1.807, 2.05) is 26.8 Å². The Morgan fingerprint density at radius 1 is 1.13 bits per heavy atom. The van der Waals surface area contributed by atoms with Gasteiger partial charge in [0.25, 0.3) is 0 Å². The predicted octanol–water partition coefficient (Wildman–Crippen LogP) is 4.32. The van der Waals surface area contributed by atoms with Gasteiger partial charge < -0.3 is 4.90 Å². The smallest absolute Gasteiger partial charge is 0.313 e. The molecule has 30 heavy (non-hydrogen) atoms. The lowest BCUT2D eigenvalue weighted by Crippen LogP contribution is -2.58. The van der Waals surface area contributed by atoms with Crippen molar-refractivity contribution in [3.05, 3.63) is 34.9 Å². The minimum Gasteiger partial charge on any atom is -0.313 e. The van der Waals surface area contributed by atoms with E-state index in [0.717, 1.165) is 10.5 Å². The van der Waals surface area contributed by atoms with Crippen molar-refractivity contribution >= 4 is 30.0 Å². The molecule has 10 heteroatoms. The van der Waals surface area contributed by atoms with Gasteiger partial charge in [0.2, 0.25) is 5.66 Å². The molecule has 1 aromatic rings. The molecule has 0 aromatic heterocycles. The standard InChI is InChI=1S/C20H22ClF4N5/c1-17(2,3)15-26-9-18(30-10-19(22,23)20(24,25)11-30)16(28-15)29(12-27-18)8-13-5-4-6-14(21)7-13/h4-7,9,12,15H,8,10-11H2,1-3H3. The summed E-state index contributed by atoms with van der Waals surface area (Å²) in [6, 6.07) is 7.16. The van der Waals surface area contributed by atoms with Crippen LogP contribution >= 0.6 is 11.6 Å². The topological polar surface area (TPSA) is 43.6 Å². The summed E-state index contributed by atoms with van der Waals surface area (Å²) < 4.78 is 55.9. The molecular weight excluding hydrogens is 422 g/mol. The average Bonchev–Trinajstić information content (AvgIpc) is 3.09. The monoisotopic (exact) mass is 443 g/mol. The van der Waals surface area contributed by atoms with Crippen LogP contribution < -0.4 is 0 Å². The molecule has 0 radical (unpaired) electrons. The van der Waals surface area contributed by atoms with Crippen molar-refractivity contribution in [1.29, 1.82) is 0 Å². The molecule has 2 unspecified atom stereocenters. The van der Waals surface area contributed by atoms with E-state index in [2.05, 4.69) is 15.0 Å². The summed E-state index contributed by atoms with van der Waals surface area (Å²) in [4.78, 5) is 16.1. The molecule has 3 aliphatic rings. The maximum absolute atomic E-state index is 14.0. The molecule has 0 bridgehead atoms. The number of alkyl halides is 4. The number of fused-ring (bicyclic) bond motifs is 1. The number of amidine groups is 1. The van der Waals surface area contributed by atoms with Crippen molar-refractivity contribution in [2.24, 2.45) is 20.4 Å². The van der Waals surface area contributed by atoms with E-state index < -0.39 is 36.8 Å². The van der Waals surface area contributed by atoms with Crippen LogP contribution in [0.2, 0.25) is 5.02 Å². The van der Waals surface area contributed by atoms with Gasteiger partial charge in [-0.1, -0.05) is 44.5 Å². The van der Waals surface area contributed by atoms with E-state index in [0.29, 0.717) is 17.4 Å². The molecule has 2 atom stereocenters. The fraction of sp³-hybridized carbons (Fsp3) is 0.550. The highest BCUT2D eigenvalue weighted by atomic mass is 35.5.